The second kappa shape index (κ2) is 2.08. The quantitative estimate of drug-likeness (QED) is 0.517. The molecule has 64 valence electrons. The lowest BCUT2D eigenvalue weighted by atomic mass is 9.77. The van der Waals surface area contributed by atoms with Gasteiger partial charge >= 0.3 is 0 Å². The van der Waals surface area contributed by atoms with Gasteiger partial charge in [-0.15, -0.1) is 6.42 Å². The zero-order chi connectivity index (χ0) is 8.18. The van der Waals surface area contributed by atoms with Crippen LogP contribution in [0.3, 0.4) is 0 Å². The first-order valence-electron chi connectivity index (χ1n) is 5.32. The number of hydrogen-bond acceptors (Lipinski definition) is 0. The van der Waals surface area contributed by atoms with Gasteiger partial charge in [-0.1, -0.05) is 12.3 Å². The van der Waals surface area contributed by atoms with E-state index < -0.39 is 0 Å². The van der Waals surface area contributed by atoms with Gasteiger partial charge in [0.25, 0.3) is 0 Å². The Bertz CT molecular complexity index is 241. The van der Waals surface area contributed by atoms with Gasteiger partial charge in [-0.05, 0) is 49.9 Å². The van der Waals surface area contributed by atoms with Crippen molar-refractivity contribution in [3.05, 3.63) is 0 Å². The molecule has 3 unspecified atom stereocenters. The minimum Gasteiger partial charge on any atom is -0.120 e. The van der Waals surface area contributed by atoms with Gasteiger partial charge < -0.3 is 0 Å². The van der Waals surface area contributed by atoms with Crippen LogP contribution in [0.5, 0.6) is 0 Å². The molecule has 3 rings (SSSR count). The smallest absolute Gasteiger partial charge is 0.0344 e. The molecular weight excluding hydrogens is 144 g/mol. The topological polar surface area (TPSA) is 0 Å². The van der Waals surface area contributed by atoms with Crippen molar-refractivity contribution in [2.45, 2.75) is 38.5 Å². The van der Waals surface area contributed by atoms with Crippen LogP contribution in [0.1, 0.15) is 38.5 Å². The van der Waals surface area contributed by atoms with Gasteiger partial charge in [0.1, 0.15) is 0 Å². The van der Waals surface area contributed by atoms with E-state index in [4.69, 9.17) is 6.42 Å². The Labute approximate surface area is 74.7 Å². The molecule has 3 atom stereocenters. The van der Waals surface area contributed by atoms with Crippen molar-refractivity contribution < 1.29 is 0 Å². The maximum atomic E-state index is 5.63. The molecule has 0 heteroatoms. The third-order valence-electron chi connectivity index (χ3n) is 4.52. The van der Waals surface area contributed by atoms with Gasteiger partial charge in [-0.2, -0.15) is 0 Å². The van der Waals surface area contributed by atoms with Gasteiger partial charge in [0, 0.05) is 5.41 Å². The van der Waals surface area contributed by atoms with Gasteiger partial charge in [-0.3, -0.25) is 0 Å². The fourth-order valence-electron chi connectivity index (χ4n) is 3.68. The Morgan fingerprint density at radius 1 is 1.17 bits per heavy atom. The van der Waals surface area contributed by atoms with Crippen molar-refractivity contribution in [2.24, 2.45) is 23.2 Å². The van der Waals surface area contributed by atoms with E-state index in [0.717, 1.165) is 17.8 Å². The van der Waals surface area contributed by atoms with Gasteiger partial charge in [-0.25, -0.2) is 0 Å². The molecule has 3 saturated carbocycles. The highest BCUT2D eigenvalue weighted by atomic mass is 14.6. The first kappa shape index (κ1) is 7.01. The van der Waals surface area contributed by atoms with Crippen LogP contribution in [0.2, 0.25) is 0 Å². The van der Waals surface area contributed by atoms with Crippen LogP contribution >= 0.6 is 0 Å². The largest absolute Gasteiger partial charge is 0.120 e. The molecule has 0 aromatic carbocycles. The fourth-order valence-corrected chi connectivity index (χ4v) is 3.68. The lowest BCUT2D eigenvalue weighted by Crippen LogP contribution is -2.20. The van der Waals surface area contributed by atoms with Crippen molar-refractivity contribution in [2.75, 3.05) is 0 Å². The van der Waals surface area contributed by atoms with E-state index in [0.29, 0.717) is 5.41 Å². The van der Waals surface area contributed by atoms with Gasteiger partial charge in [0.2, 0.25) is 0 Å². The van der Waals surface area contributed by atoms with E-state index in [1.54, 1.807) is 0 Å². The number of rotatable bonds is 1. The molecule has 2 bridgehead atoms. The average Bonchev–Trinajstić information content (AvgIpc) is 2.62. The first-order chi connectivity index (χ1) is 5.84. The maximum Gasteiger partial charge on any atom is 0.0344 e. The molecule has 0 nitrogen and oxygen atoms in total. The number of terminal acetylenes is 1. The highest BCUT2D eigenvalue weighted by Gasteiger charge is 2.55. The fraction of sp³-hybridized carbons (Fsp3) is 0.833. The Kier molecular flexibility index (Phi) is 1.21. The summed E-state index contributed by atoms with van der Waals surface area (Å²) >= 11 is 0. The van der Waals surface area contributed by atoms with Crippen molar-refractivity contribution in [1.82, 2.24) is 0 Å². The van der Waals surface area contributed by atoms with Crippen molar-refractivity contribution >= 4 is 0 Å². The summed E-state index contributed by atoms with van der Waals surface area (Å²) in [6.07, 6.45) is 14.3. The summed E-state index contributed by atoms with van der Waals surface area (Å²) in [7, 11) is 0. The molecule has 0 saturated heterocycles. The average molecular weight is 160 g/mol. The van der Waals surface area contributed by atoms with E-state index >= 15 is 0 Å². The second-order valence-electron chi connectivity index (χ2n) is 5.08. The van der Waals surface area contributed by atoms with E-state index in [9.17, 15) is 0 Å². The van der Waals surface area contributed by atoms with Crippen LogP contribution in [-0.4, -0.2) is 0 Å². The normalized spacial score (nSPS) is 47.4. The molecule has 3 aliphatic carbocycles. The van der Waals surface area contributed by atoms with Crippen molar-refractivity contribution in [3.63, 3.8) is 0 Å². The van der Waals surface area contributed by atoms with Crippen molar-refractivity contribution in [3.8, 4) is 12.3 Å². The molecule has 3 aliphatic rings. The lowest BCUT2D eigenvalue weighted by molar-refractivity contribution is 0.254. The van der Waals surface area contributed by atoms with E-state index in [2.05, 4.69) is 5.92 Å². The Hall–Kier alpha value is -0.440. The summed E-state index contributed by atoms with van der Waals surface area (Å²) < 4.78 is 0. The zero-order valence-corrected chi connectivity index (χ0v) is 7.55. The highest BCUT2D eigenvalue weighted by Crippen LogP contribution is 2.63. The molecule has 0 N–H and O–H groups in total. The summed E-state index contributed by atoms with van der Waals surface area (Å²) in [6, 6.07) is 0. The zero-order valence-electron chi connectivity index (χ0n) is 7.55. The highest BCUT2D eigenvalue weighted by molar-refractivity contribution is 5.20. The molecule has 3 fully saturated rings. The molecule has 0 aromatic heterocycles. The van der Waals surface area contributed by atoms with E-state index in [-0.39, 0.29) is 0 Å². The molecule has 0 aromatic rings. The minimum absolute atomic E-state index is 0.403. The van der Waals surface area contributed by atoms with E-state index in [1.807, 2.05) is 0 Å². The third kappa shape index (κ3) is 0.750. The summed E-state index contributed by atoms with van der Waals surface area (Å²) in [6.45, 7) is 0. The Balaban J connectivity index is 1.83. The Morgan fingerprint density at radius 3 is 2.42 bits per heavy atom. The molecular formula is C12H16. The maximum absolute atomic E-state index is 5.63. The summed E-state index contributed by atoms with van der Waals surface area (Å²) in [5, 5.41) is 0. The number of hydrogen-bond donors (Lipinski definition) is 0. The Morgan fingerprint density at radius 2 is 2.00 bits per heavy atom. The van der Waals surface area contributed by atoms with E-state index in [1.165, 1.54) is 38.5 Å². The number of fused-ring (bicyclic) bond motifs is 2. The predicted molar refractivity (Wildman–Crippen MR) is 49.4 cm³/mol. The van der Waals surface area contributed by atoms with Crippen LogP contribution in [0.25, 0.3) is 0 Å². The molecule has 0 radical (unpaired) electrons. The SMILES string of the molecule is C#CC1(C2CC3CCC2C3)CC1. The molecule has 0 amide bonds. The lowest BCUT2D eigenvalue weighted by Gasteiger charge is -2.26. The summed E-state index contributed by atoms with van der Waals surface area (Å²) in [5.74, 6) is 6.09. The molecule has 12 heavy (non-hydrogen) atoms. The summed E-state index contributed by atoms with van der Waals surface area (Å²) in [5.41, 5.74) is 0.403. The van der Waals surface area contributed by atoms with Crippen LogP contribution in [-0.2, 0) is 0 Å². The van der Waals surface area contributed by atoms with Crippen LogP contribution in [0, 0.1) is 35.5 Å². The van der Waals surface area contributed by atoms with Crippen molar-refractivity contribution in [1.29, 1.82) is 0 Å². The van der Waals surface area contributed by atoms with Crippen LogP contribution < -0.4 is 0 Å². The van der Waals surface area contributed by atoms with Crippen LogP contribution in [0.4, 0.5) is 0 Å². The van der Waals surface area contributed by atoms with Gasteiger partial charge in [0.15, 0.2) is 0 Å². The molecule has 0 aliphatic heterocycles. The first-order valence-corrected chi connectivity index (χ1v) is 5.32. The molecule has 0 spiro atoms. The summed E-state index contributed by atoms with van der Waals surface area (Å²) in [4.78, 5) is 0. The minimum atomic E-state index is 0.403. The second-order valence-corrected chi connectivity index (χ2v) is 5.08. The predicted octanol–water partition coefficient (Wildman–Crippen LogP) is 2.84. The van der Waals surface area contributed by atoms with Gasteiger partial charge in [0.05, 0.1) is 0 Å². The van der Waals surface area contributed by atoms with Crippen LogP contribution in [0.15, 0.2) is 0 Å². The standard InChI is InChI=1S/C12H16/c1-2-12(5-6-12)11-8-9-3-4-10(11)7-9/h1,9-11H,3-8H2. The molecule has 0 heterocycles. The third-order valence-corrected chi connectivity index (χ3v) is 4.52. The monoisotopic (exact) mass is 160 g/mol.